The number of halogens is 3. The van der Waals surface area contributed by atoms with E-state index in [1.54, 1.807) is 24.3 Å². The van der Waals surface area contributed by atoms with E-state index in [0.29, 0.717) is 5.56 Å². The summed E-state index contributed by atoms with van der Waals surface area (Å²) < 4.78 is 65.1. The van der Waals surface area contributed by atoms with E-state index in [9.17, 15) is 26.4 Å². The minimum atomic E-state index is -4.47. The van der Waals surface area contributed by atoms with E-state index in [0.717, 1.165) is 16.4 Å². The zero-order valence-electron chi connectivity index (χ0n) is 16.4. The summed E-state index contributed by atoms with van der Waals surface area (Å²) in [6, 6.07) is 18.5. The van der Waals surface area contributed by atoms with E-state index in [1.807, 2.05) is 0 Å². The zero-order valence-corrected chi connectivity index (χ0v) is 17.2. The van der Waals surface area contributed by atoms with Gasteiger partial charge in [-0.1, -0.05) is 36.4 Å². The maximum atomic E-state index is 12.8. The topological polar surface area (TPSA) is 66.5 Å². The molecule has 3 aromatic rings. The number of amides is 1. The van der Waals surface area contributed by atoms with Crippen molar-refractivity contribution in [2.45, 2.75) is 17.6 Å². The lowest BCUT2D eigenvalue weighted by Crippen LogP contribution is -2.27. The number of hydrogen-bond donors (Lipinski definition) is 1. The largest absolute Gasteiger partial charge is 0.416 e. The Balaban J connectivity index is 1.75. The molecule has 31 heavy (non-hydrogen) atoms. The van der Waals surface area contributed by atoms with Crippen molar-refractivity contribution in [1.82, 2.24) is 5.32 Å². The fourth-order valence-corrected chi connectivity index (χ4v) is 4.08. The molecule has 0 aliphatic rings. The van der Waals surface area contributed by atoms with Crippen molar-refractivity contribution in [2.24, 2.45) is 0 Å². The third-order valence-electron chi connectivity index (χ3n) is 4.58. The fourth-order valence-electron chi connectivity index (χ4n) is 2.87. The summed E-state index contributed by atoms with van der Waals surface area (Å²) in [5.41, 5.74) is -0.0488. The predicted octanol–water partition coefficient (Wildman–Crippen LogP) is 4.46. The number of benzene rings is 3. The van der Waals surface area contributed by atoms with E-state index in [2.05, 4.69) is 5.32 Å². The molecule has 0 spiro atoms. The molecule has 162 valence electrons. The first-order valence-corrected chi connectivity index (χ1v) is 10.6. The van der Waals surface area contributed by atoms with Crippen LogP contribution in [0, 0.1) is 0 Å². The minimum absolute atomic E-state index is 0.106. The average Bonchev–Trinajstić information content (AvgIpc) is 2.77. The third-order valence-corrected chi connectivity index (χ3v) is 6.38. The maximum absolute atomic E-state index is 12.8. The predicted molar refractivity (Wildman–Crippen MR) is 111 cm³/mol. The molecule has 0 radical (unpaired) electrons. The number of nitrogens with one attached hydrogen (secondary N) is 1. The second-order valence-electron chi connectivity index (χ2n) is 6.72. The van der Waals surface area contributed by atoms with Crippen molar-refractivity contribution in [2.75, 3.05) is 11.4 Å². The van der Waals surface area contributed by atoms with Crippen molar-refractivity contribution >= 4 is 21.6 Å². The lowest BCUT2D eigenvalue weighted by molar-refractivity contribution is -0.137. The molecule has 0 aliphatic heterocycles. The summed E-state index contributed by atoms with van der Waals surface area (Å²) in [4.78, 5) is 12.6. The van der Waals surface area contributed by atoms with Gasteiger partial charge < -0.3 is 5.32 Å². The van der Waals surface area contributed by atoms with Crippen LogP contribution in [0.4, 0.5) is 18.9 Å². The molecule has 1 N–H and O–H groups in total. The normalized spacial score (nSPS) is 11.7. The zero-order chi connectivity index (χ0) is 22.6. The van der Waals surface area contributed by atoms with Gasteiger partial charge in [0.1, 0.15) is 0 Å². The molecule has 0 unspecified atom stereocenters. The number of hydrogen-bond acceptors (Lipinski definition) is 3. The van der Waals surface area contributed by atoms with Gasteiger partial charge in [-0.15, -0.1) is 0 Å². The molecule has 0 bridgehead atoms. The lowest BCUT2D eigenvalue weighted by Gasteiger charge is -2.20. The van der Waals surface area contributed by atoms with Gasteiger partial charge in [0.15, 0.2) is 0 Å². The van der Waals surface area contributed by atoms with Gasteiger partial charge >= 0.3 is 6.18 Å². The number of alkyl halides is 3. The quantitative estimate of drug-likeness (QED) is 0.606. The lowest BCUT2D eigenvalue weighted by atomic mass is 10.1. The smallest absolute Gasteiger partial charge is 0.348 e. The summed E-state index contributed by atoms with van der Waals surface area (Å²) in [6.45, 7) is -0.106. The Morgan fingerprint density at radius 3 is 2.29 bits per heavy atom. The Morgan fingerprint density at radius 1 is 0.935 bits per heavy atom. The highest BCUT2D eigenvalue weighted by atomic mass is 32.2. The minimum Gasteiger partial charge on any atom is -0.348 e. The third kappa shape index (κ3) is 5.24. The van der Waals surface area contributed by atoms with Crippen LogP contribution in [0.1, 0.15) is 21.5 Å². The first-order chi connectivity index (χ1) is 14.6. The number of sulfonamides is 1. The van der Waals surface area contributed by atoms with Crippen molar-refractivity contribution < 1.29 is 26.4 Å². The van der Waals surface area contributed by atoms with Gasteiger partial charge in [0.25, 0.3) is 15.9 Å². The number of carbonyl (C=O) groups is 1. The van der Waals surface area contributed by atoms with Crippen LogP contribution in [0.25, 0.3) is 0 Å². The van der Waals surface area contributed by atoms with Crippen molar-refractivity contribution in [3.05, 3.63) is 95.6 Å². The molecule has 0 saturated heterocycles. The van der Waals surface area contributed by atoms with E-state index in [-0.39, 0.29) is 22.7 Å². The summed E-state index contributed by atoms with van der Waals surface area (Å²) in [5.74, 6) is -0.537. The maximum Gasteiger partial charge on any atom is 0.416 e. The molecule has 0 fully saturated rings. The van der Waals surface area contributed by atoms with Crippen LogP contribution < -0.4 is 9.62 Å². The van der Waals surface area contributed by atoms with Crippen LogP contribution >= 0.6 is 0 Å². The SMILES string of the molecule is CN(c1cccc(C(=O)NCc2cccc(C(F)(F)F)c2)c1)S(=O)(=O)c1ccccc1. The van der Waals surface area contributed by atoms with E-state index in [4.69, 9.17) is 0 Å². The highest BCUT2D eigenvalue weighted by molar-refractivity contribution is 7.92. The molecule has 1 amide bonds. The summed E-state index contributed by atoms with van der Waals surface area (Å²) in [5, 5.41) is 2.56. The second kappa shape index (κ2) is 8.81. The van der Waals surface area contributed by atoms with Crippen LogP contribution in [0.2, 0.25) is 0 Å². The van der Waals surface area contributed by atoms with Gasteiger partial charge in [0.05, 0.1) is 16.1 Å². The van der Waals surface area contributed by atoms with Gasteiger partial charge in [-0.25, -0.2) is 8.42 Å². The molecule has 9 heteroatoms. The fraction of sp³-hybridized carbons (Fsp3) is 0.136. The van der Waals surface area contributed by atoms with Crippen molar-refractivity contribution in [3.8, 4) is 0 Å². The van der Waals surface area contributed by atoms with Gasteiger partial charge in [-0.05, 0) is 48.0 Å². The number of carbonyl (C=O) groups excluding carboxylic acids is 1. The van der Waals surface area contributed by atoms with Crippen molar-refractivity contribution in [3.63, 3.8) is 0 Å². The monoisotopic (exact) mass is 448 g/mol. The molecule has 0 atom stereocenters. The molecular weight excluding hydrogens is 429 g/mol. The Labute approximate surface area is 178 Å². The van der Waals surface area contributed by atoms with Gasteiger partial charge in [-0.3, -0.25) is 9.10 Å². The van der Waals surface area contributed by atoms with Gasteiger partial charge in [0, 0.05) is 19.2 Å². The molecule has 0 aliphatic carbocycles. The standard InChI is InChI=1S/C22H19F3N2O3S/c1-27(31(29,30)20-11-3-2-4-12-20)19-10-6-8-17(14-19)21(28)26-15-16-7-5-9-18(13-16)22(23,24)25/h2-14H,15H2,1H3,(H,26,28). The highest BCUT2D eigenvalue weighted by Crippen LogP contribution is 2.29. The molecule has 0 aromatic heterocycles. The van der Waals surface area contributed by atoms with Crippen LogP contribution in [0.5, 0.6) is 0 Å². The van der Waals surface area contributed by atoms with Crippen LogP contribution in [0.3, 0.4) is 0 Å². The number of rotatable bonds is 6. The molecule has 0 saturated carbocycles. The van der Waals surface area contributed by atoms with E-state index < -0.39 is 27.7 Å². The van der Waals surface area contributed by atoms with Crippen LogP contribution in [0.15, 0.2) is 83.8 Å². The van der Waals surface area contributed by atoms with E-state index in [1.165, 1.54) is 49.5 Å². The number of anilines is 1. The van der Waals surface area contributed by atoms with Crippen LogP contribution in [-0.4, -0.2) is 21.4 Å². The van der Waals surface area contributed by atoms with Gasteiger partial charge in [0.2, 0.25) is 0 Å². The molecule has 3 aromatic carbocycles. The Hall–Kier alpha value is -3.33. The Kier molecular flexibility index (Phi) is 6.35. The first kappa shape index (κ1) is 22.4. The summed E-state index contributed by atoms with van der Waals surface area (Å²) in [7, 11) is -2.44. The highest BCUT2D eigenvalue weighted by Gasteiger charge is 2.30. The first-order valence-electron chi connectivity index (χ1n) is 9.17. The summed E-state index contributed by atoms with van der Waals surface area (Å²) >= 11 is 0. The van der Waals surface area contributed by atoms with Crippen molar-refractivity contribution in [1.29, 1.82) is 0 Å². The second-order valence-corrected chi connectivity index (χ2v) is 8.69. The molecule has 3 rings (SSSR count). The molecule has 5 nitrogen and oxygen atoms in total. The molecule has 0 heterocycles. The Bertz CT molecular complexity index is 1180. The number of nitrogens with zero attached hydrogens (tertiary/aromatic N) is 1. The summed E-state index contributed by atoms with van der Waals surface area (Å²) in [6.07, 6.45) is -4.47. The average molecular weight is 448 g/mol. The molecular formula is C22H19F3N2O3S. The Morgan fingerprint density at radius 2 is 1.61 bits per heavy atom. The van der Waals surface area contributed by atoms with Gasteiger partial charge in [-0.2, -0.15) is 13.2 Å². The van der Waals surface area contributed by atoms with E-state index >= 15 is 0 Å². The van der Waals surface area contributed by atoms with Crippen LogP contribution in [-0.2, 0) is 22.7 Å².